The maximum absolute atomic E-state index is 11.1. The second-order valence-corrected chi connectivity index (χ2v) is 6.13. The summed E-state index contributed by atoms with van der Waals surface area (Å²) >= 11 is 0. The molecular weight excluding hydrogens is 326 g/mol. The third-order valence-corrected chi connectivity index (χ3v) is 3.73. The minimum absolute atomic E-state index is 0.000728. The van der Waals surface area contributed by atoms with Gasteiger partial charge in [0.25, 0.3) is 5.69 Å². The van der Waals surface area contributed by atoms with Gasteiger partial charge in [-0.15, -0.1) is 0 Å². The summed E-state index contributed by atoms with van der Waals surface area (Å²) in [4.78, 5) is 21.2. The molecule has 2 aromatic carbocycles. The van der Waals surface area contributed by atoms with Crippen LogP contribution in [-0.2, 0) is 11.2 Å². The van der Waals surface area contributed by atoms with Crippen molar-refractivity contribution >= 4 is 11.7 Å². The maximum Gasteiger partial charge on any atom is 0.347 e. The van der Waals surface area contributed by atoms with Crippen molar-refractivity contribution in [3.05, 3.63) is 69.8 Å². The normalized spacial score (nSPS) is 12.4. The van der Waals surface area contributed by atoms with E-state index in [1.165, 1.54) is 26.0 Å². The van der Waals surface area contributed by atoms with Gasteiger partial charge in [-0.3, -0.25) is 10.1 Å². The van der Waals surface area contributed by atoms with Crippen molar-refractivity contribution in [2.45, 2.75) is 32.0 Å². The van der Waals surface area contributed by atoms with Crippen LogP contribution >= 0.6 is 0 Å². The van der Waals surface area contributed by atoms with E-state index in [0.29, 0.717) is 17.7 Å². The zero-order chi connectivity index (χ0) is 18.6. The van der Waals surface area contributed by atoms with E-state index < -0.39 is 22.6 Å². The number of aliphatic hydroxyl groups is 1. The van der Waals surface area contributed by atoms with Crippen LogP contribution in [0.25, 0.3) is 0 Å². The first kappa shape index (κ1) is 18.4. The number of rotatable bonds is 7. The second-order valence-electron chi connectivity index (χ2n) is 6.13. The predicted octanol–water partition coefficient (Wildman–Crippen LogP) is 3.11. The zero-order valence-electron chi connectivity index (χ0n) is 13.9. The molecule has 0 aliphatic carbocycles. The number of hydrogen-bond donors (Lipinski definition) is 2. The van der Waals surface area contributed by atoms with Crippen molar-refractivity contribution in [1.29, 1.82) is 0 Å². The average Bonchev–Trinajstić information content (AvgIpc) is 2.55. The van der Waals surface area contributed by atoms with Gasteiger partial charge in [0.2, 0.25) is 0 Å². The summed E-state index contributed by atoms with van der Waals surface area (Å²) < 4.78 is 5.41. The summed E-state index contributed by atoms with van der Waals surface area (Å²) in [5.41, 5.74) is 0.0591. The molecule has 1 unspecified atom stereocenters. The highest BCUT2D eigenvalue weighted by atomic mass is 16.6. The SMILES string of the molecule is CC(C)(Oc1ccc(C(O)Cc2ccc([N+](=O)[O-])cc2)cc1)C(=O)O. The minimum atomic E-state index is -1.35. The Kier molecular flexibility index (Phi) is 5.38. The fourth-order valence-corrected chi connectivity index (χ4v) is 2.19. The van der Waals surface area contributed by atoms with E-state index in [4.69, 9.17) is 9.84 Å². The molecule has 0 aromatic heterocycles. The number of ether oxygens (including phenoxy) is 1. The highest BCUT2D eigenvalue weighted by Gasteiger charge is 2.29. The Hall–Kier alpha value is -2.93. The van der Waals surface area contributed by atoms with Crippen LogP contribution in [0.1, 0.15) is 31.1 Å². The molecule has 0 saturated carbocycles. The molecule has 0 amide bonds. The van der Waals surface area contributed by atoms with Gasteiger partial charge in [0.1, 0.15) is 5.75 Å². The number of nitro groups is 1. The first-order valence-electron chi connectivity index (χ1n) is 7.63. The van der Waals surface area contributed by atoms with Crippen molar-refractivity contribution in [2.75, 3.05) is 0 Å². The zero-order valence-corrected chi connectivity index (χ0v) is 13.9. The lowest BCUT2D eigenvalue weighted by atomic mass is 10.0. The Morgan fingerprint density at radius 1 is 1.16 bits per heavy atom. The van der Waals surface area contributed by atoms with E-state index in [1.807, 2.05) is 0 Å². The first-order valence-corrected chi connectivity index (χ1v) is 7.63. The van der Waals surface area contributed by atoms with Crippen molar-refractivity contribution in [3.8, 4) is 5.75 Å². The monoisotopic (exact) mass is 345 g/mol. The van der Waals surface area contributed by atoms with Crippen LogP contribution in [0.3, 0.4) is 0 Å². The van der Waals surface area contributed by atoms with Crippen LogP contribution < -0.4 is 4.74 Å². The molecule has 0 radical (unpaired) electrons. The number of hydrogen-bond acceptors (Lipinski definition) is 5. The maximum atomic E-state index is 11.1. The number of aliphatic carboxylic acids is 1. The van der Waals surface area contributed by atoms with Gasteiger partial charge in [-0.1, -0.05) is 24.3 Å². The smallest absolute Gasteiger partial charge is 0.347 e. The lowest BCUT2D eigenvalue weighted by Gasteiger charge is -2.21. The van der Waals surface area contributed by atoms with Crippen LogP contribution in [0.4, 0.5) is 5.69 Å². The molecule has 25 heavy (non-hydrogen) atoms. The van der Waals surface area contributed by atoms with Gasteiger partial charge >= 0.3 is 5.97 Å². The molecule has 0 bridgehead atoms. The molecule has 0 aliphatic rings. The van der Waals surface area contributed by atoms with E-state index in [0.717, 1.165) is 5.56 Å². The molecule has 0 spiro atoms. The molecule has 0 saturated heterocycles. The Balaban J connectivity index is 2.03. The molecule has 2 aromatic rings. The van der Waals surface area contributed by atoms with Crippen LogP contribution in [0.5, 0.6) is 5.75 Å². The topological polar surface area (TPSA) is 110 Å². The van der Waals surface area contributed by atoms with Crippen molar-refractivity contribution < 1.29 is 24.7 Å². The van der Waals surface area contributed by atoms with E-state index in [9.17, 15) is 20.0 Å². The van der Waals surface area contributed by atoms with Gasteiger partial charge in [0, 0.05) is 18.6 Å². The summed E-state index contributed by atoms with van der Waals surface area (Å²) in [6.45, 7) is 2.90. The van der Waals surface area contributed by atoms with Crippen LogP contribution in [-0.4, -0.2) is 26.7 Å². The molecule has 0 aliphatic heterocycles. The van der Waals surface area contributed by atoms with Gasteiger partial charge < -0.3 is 14.9 Å². The third kappa shape index (κ3) is 4.77. The molecule has 0 fully saturated rings. The molecule has 2 rings (SSSR count). The summed E-state index contributed by atoms with van der Waals surface area (Å²) in [5.74, 6) is -0.687. The molecule has 7 nitrogen and oxygen atoms in total. The fourth-order valence-electron chi connectivity index (χ4n) is 2.19. The number of carboxylic acids is 1. The summed E-state index contributed by atoms with van der Waals surface area (Å²) in [5, 5.41) is 30.0. The Morgan fingerprint density at radius 3 is 2.20 bits per heavy atom. The number of benzene rings is 2. The average molecular weight is 345 g/mol. The molecule has 132 valence electrons. The summed E-state index contributed by atoms with van der Waals surface area (Å²) in [7, 11) is 0. The quantitative estimate of drug-likeness (QED) is 0.589. The molecule has 0 heterocycles. The lowest BCUT2D eigenvalue weighted by Crippen LogP contribution is -2.37. The Bertz CT molecular complexity index is 752. The first-order chi connectivity index (χ1) is 11.7. The number of nitrogens with zero attached hydrogens (tertiary/aromatic N) is 1. The van der Waals surface area contributed by atoms with Crippen LogP contribution in [0.2, 0.25) is 0 Å². The number of nitro benzene ring substituents is 1. The highest BCUT2D eigenvalue weighted by molar-refractivity contribution is 5.76. The highest BCUT2D eigenvalue weighted by Crippen LogP contribution is 2.24. The van der Waals surface area contributed by atoms with Crippen molar-refractivity contribution in [2.24, 2.45) is 0 Å². The number of aliphatic hydroxyl groups excluding tert-OH is 1. The second kappa shape index (κ2) is 7.31. The standard InChI is InChI=1S/C18H19NO6/c1-18(2,17(21)22)25-15-9-5-13(6-10-15)16(20)11-12-3-7-14(8-4-12)19(23)24/h3-10,16,20H,11H2,1-2H3,(H,21,22). The molecule has 2 N–H and O–H groups in total. The fraction of sp³-hybridized carbons (Fsp3) is 0.278. The third-order valence-electron chi connectivity index (χ3n) is 3.73. The lowest BCUT2D eigenvalue weighted by molar-refractivity contribution is -0.384. The van der Waals surface area contributed by atoms with Gasteiger partial charge in [-0.2, -0.15) is 0 Å². The Morgan fingerprint density at radius 2 is 1.72 bits per heavy atom. The molecular formula is C18H19NO6. The van der Waals surface area contributed by atoms with Gasteiger partial charge in [0.05, 0.1) is 11.0 Å². The largest absolute Gasteiger partial charge is 0.478 e. The van der Waals surface area contributed by atoms with E-state index in [-0.39, 0.29) is 5.69 Å². The number of carbonyl (C=O) groups is 1. The van der Waals surface area contributed by atoms with Crippen LogP contribution in [0, 0.1) is 10.1 Å². The Labute approximate surface area is 144 Å². The van der Waals surface area contributed by atoms with Gasteiger partial charge in [0.15, 0.2) is 5.60 Å². The van der Waals surface area contributed by atoms with Crippen molar-refractivity contribution in [3.63, 3.8) is 0 Å². The molecule has 1 atom stereocenters. The van der Waals surface area contributed by atoms with Gasteiger partial charge in [-0.05, 0) is 37.1 Å². The van der Waals surface area contributed by atoms with Crippen LogP contribution in [0.15, 0.2) is 48.5 Å². The summed E-state index contributed by atoms with van der Waals surface area (Å²) in [6, 6.07) is 12.5. The number of non-ortho nitro benzene ring substituents is 1. The van der Waals surface area contributed by atoms with Gasteiger partial charge in [-0.25, -0.2) is 4.79 Å². The number of carboxylic acid groups (broad SMARTS) is 1. The van der Waals surface area contributed by atoms with E-state index in [1.54, 1.807) is 36.4 Å². The van der Waals surface area contributed by atoms with E-state index in [2.05, 4.69) is 0 Å². The predicted molar refractivity (Wildman–Crippen MR) is 90.5 cm³/mol. The minimum Gasteiger partial charge on any atom is -0.478 e. The van der Waals surface area contributed by atoms with Crippen molar-refractivity contribution in [1.82, 2.24) is 0 Å². The summed E-state index contributed by atoms with van der Waals surface area (Å²) in [6.07, 6.45) is -0.485. The molecule has 7 heteroatoms. The van der Waals surface area contributed by atoms with E-state index >= 15 is 0 Å².